The maximum atomic E-state index is 12.0. The van der Waals surface area contributed by atoms with Gasteiger partial charge in [-0.1, -0.05) is 20.3 Å². The Morgan fingerprint density at radius 2 is 1.95 bits per heavy atom. The maximum Gasteiger partial charge on any atom is 0.355 e. The molecule has 0 radical (unpaired) electrons. The predicted molar refractivity (Wildman–Crippen MR) is 81.6 cm³/mol. The van der Waals surface area contributed by atoms with Crippen LogP contribution >= 0.6 is 0 Å². The minimum atomic E-state index is -0.638. The van der Waals surface area contributed by atoms with E-state index >= 15 is 0 Å². The number of hydrogen-bond acceptors (Lipinski definition) is 4. The van der Waals surface area contributed by atoms with Crippen molar-refractivity contribution in [1.82, 2.24) is 14.5 Å². The Hall–Kier alpha value is -1.92. The summed E-state index contributed by atoms with van der Waals surface area (Å²) in [6.45, 7) is 8.85. The van der Waals surface area contributed by atoms with Crippen LogP contribution in [0.15, 0.2) is 9.59 Å². The molecule has 1 aromatic rings. The zero-order chi connectivity index (χ0) is 16.2. The second-order valence-electron chi connectivity index (χ2n) is 5.35. The number of aromatic nitrogens is 3. The number of aromatic amines is 1. The summed E-state index contributed by atoms with van der Waals surface area (Å²) < 4.78 is 1.03. The fourth-order valence-electron chi connectivity index (χ4n) is 2.41. The largest absolute Gasteiger partial charge is 0.355 e. The van der Waals surface area contributed by atoms with E-state index in [0.29, 0.717) is 0 Å². The Balaban J connectivity index is 3.37. The van der Waals surface area contributed by atoms with Crippen LogP contribution in [0.5, 0.6) is 0 Å². The molecular formula is C14H24N4O3. The standard InChI is InChI=1S/C14H24N4O3/c1-6-8-11(7-2)18(10(5)19)12-15-13(20)17(9(3)4)14(21)16-12/h9,11H,6-8H2,1-5H3,(H,15,16,20,21). The fourth-order valence-corrected chi connectivity index (χ4v) is 2.41. The van der Waals surface area contributed by atoms with Crippen molar-refractivity contribution >= 4 is 11.9 Å². The SMILES string of the molecule is CCCC(CC)N(C(C)=O)c1nc(=O)n(C(C)C)c(=O)[nH]1. The predicted octanol–water partition coefficient (Wildman–Crippen LogP) is 1.44. The molecule has 0 saturated heterocycles. The van der Waals surface area contributed by atoms with Crippen LogP contribution in [0.1, 0.15) is 59.9 Å². The van der Waals surface area contributed by atoms with E-state index in [0.717, 1.165) is 23.8 Å². The summed E-state index contributed by atoms with van der Waals surface area (Å²) in [6.07, 6.45) is 2.41. The lowest BCUT2D eigenvalue weighted by atomic mass is 10.1. The van der Waals surface area contributed by atoms with Crippen molar-refractivity contribution in [3.63, 3.8) is 0 Å². The van der Waals surface area contributed by atoms with Gasteiger partial charge in [-0.15, -0.1) is 0 Å². The fraction of sp³-hybridized carbons (Fsp3) is 0.714. The third-order valence-corrected chi connectivity index (χ3v) is 3.39. The molecule has 118 valence electrons. The highest BCUT2D eigenvalue weighted by molar-refractivity contribution is 5.90. The molecule has 7 heteroatoms. The normalized spacial score (nSPS) is 12.5. The summed E-state index contributed by atoms with van der Waals surface area (Å²) in [4.78, 5) is 43.8. The van der Waals surface area contributed by atoms with Crippen molar-refractivity contribution < 1.29 is 4.79 Å². The molecule has 0 aromatic carbocycles. The minimum Gasteiger partial charge on any atom is -0.279 e. The molecule has 0 spiro atoms. The average Bonchev–Trinajstić information content (AvgIpc) is 2.36. The van der Waals surface area contributed by atoms with Gasteiger partial charge in [0.05, 0.1) is 0 Å². The van der Waals surface area contributed by atoms with E-state index in [1.807, 2.05) is 13.8 Å². The van der Waals surface area contributed by atoms with Crippen LogP contribution in [-0.4, -0.2) is 26.5 Å². The summed E-state index contributed by atoms with van der Waals surface area (Å²) in [7, 11) is 0. The van der Waals surface area contributed by atoms with E-state index in [-0.39, 0.29) is 23.9 Å². The highest BCUT2D eigenvalue weighted by Gasteiger charge is 2.24. The smallest absolute Gasteiger partial charge is 0.279 e. The summed E-state index contributed by atoms with van der Waals surface area (Å²) in [5, 5.41) is 0. The molecule has 1 atom stereocenters. The summed E-state index contributed by atoms with van der Waals surface area (Å²) >= 11 is 0. The van der Waals surface area contributed by atoms with E-state index < -0.39 is 11.4 Å². The first-order valence-corrected chi connectivity index (χ1v) is 7.36. The monoisotopic (exact) mass is 296 g/mol. The first-order valence-electron chi connectivity index (χ1n) is 7.36. The number of H-pyrrole nitrogens is 1. The van der Waals surface area contributed by atoms with Gasteiger partial charge in [-0.05, 0) is 26.7 Å². The number of nitrogens with zero attached hydrogens (tertiary/aromatic N) is 3. The number of carbonyl (C=O) groups is 1. The van der Waals surface area contributed by atoms with Crippen molar-refractivity contribution in [3.05, 3.63) is 21.0 Å². The van der Waals surface area contributed by atoms with Crippen molar-refractivity contribution in [1.29, 1.82) is 0 Å². The van der Waals surface area contributed by atoms with Crippen LogP contribution in [-0.2, 0) is 4.79 Å². The van der Waals surface area contributed by atoms with Crippen LogP contribution < -0.4 is 16.3 Å². The van der Waals surface area contributed by atoms with E-state index in [2.05, 4.69) is 9.97 Å². The van der Waals surface area contributed by atoms with Gasteiger partial charge in [0.25, 0.3) is 0 Å². The van der Waals surface area contributed by atoms with E-state index in [4.69, 9.17) is 0 Å². The summed E-state index contributed by atoms with van der Waals surface area (Å²) in [5.74, 6) is -0.199. The average molecular weight is 296 g/mol. The van der Waals surface area contributed by atoms with Crippen LogP contribution in [0.3, 0.4) is 0 Å². The quantitative estimate of drug-likeness (QED) is 0.860. The molecular weight excluding hydrogens is 272 g/mol. The number of rotatable bonds is 6. The molecule has 0 saturated carbocycles. The number of amides is 1. The van der Waals surface area contributed by atoms with E-state index in [1.165, 1.54) is 11.8 Å². The van der Waals surface area contributed by atoms with E-state index in [1.54, 1.807) is 13.8 Å². The molecule has 1 N–H and O–H groups in total. The van der Waals surface area contributed by atoms with Gasteiger partial charge in [-0.2, -0.15) is 4.98 Å². The van der Waals surface area contributed by atoms with Gasteiger partial charge in [-0.3, -0.25) is 14.7 Å². The van der Waals surface area contributed by atoms with Crippen molar-refractivity contribution in [2.45, 2.75) is 66.0 Å². The molecule has 1 aromatic heterocycles. The van der Waals surface area contributed by atoms with Crippen LogP contribution in [0.2, 0.25) is 0 Å². The molecule has 21 heavy (non-hydrogen) atoms. The number of carbonyl (C=O) groups excluding carboxylic acids is 1. The van der Waals surface area contributed by atoms with Gasteiger partial charge in [0.15, 0.2) is 0 Å². The van der Waals surface area contributed by atoms with Gasteiger partial charge < -0.3 is 0 Å². The number of hydrogen-bond donors (Lipinski definition) is 1. The van der Waals surface area contributed by atoms with Gasteiger partial charge >= 0.3 is 11.4 Å². The Morgan fingerprint density at radius 3 is 2.33 bits per heavy atom. The number of anilines is 1. The lowest BCUT2D eigenvalue weighted by Crippen LogP contribution is -2.45. The van der Waals surface area contributed by atoms with Crippen LogP contribution in [0, 0.1) is 0 Å². The van der Waals surface area contributed by atoms with Gasteiger partial charge in [0.1, 0.15) is 0 Å². The van der Waals surface area contributed by atoms with E-state index in [9.17, 15) is 14.4 Å². The third kappa shape index (κ3) is 3.80. The first-order chi connectivity index (χ1) is 9.83. The molecule has 0 aliphatic heterocycles. The third-order valence-electron chi connectivity index (χ3n) is 3.39. The second-order valence-corrected chi connectivity index (χ2v) is 5.35. The highest BCUT2D eigenvalue weighted by Crippen LogP contribution is 2.16. The summed E-state index contributed by atoms with van der Waals surface area (Å²) in [6, 6.07) is -0.365. The highest BCUT2D eigenvalue weighted by atomic mass is 16.2. The molecule has 0 bridgehead atoms. The van der Waals surface area contributed by atoms with Crippen LogP contribution in [0.25, 0.3) is 0 Å². The number of nitrogens with one attached hydrogen (secondary N) is 1. The van der Waals surface area contributed by atoms with Gasteiger partial charge in [-0.25, -0.2) is 14.2 Å². The topological polar surface area (TPSA) is 88.1 Å². The molecule has 1 heterocycles. The molecule has 0 aliphatic carbocycles. The Labute approximate surface area is 124 Å². The van der Waals surface area contributed by atoms with Crippen molar-refractivity contribution in [2.75, 3.05) is 4.90 Å². The first kappa shape index (κ1) is 17.1. The van der Waals surface area contributed by atoms with Crippen molar-refractivity contribution in [2.24, 2.45) is 0 Å². The molecule has 1 amide bonds. The minimum absolute atomic E-state index is 0.0368. The molecule has 0 aliphatic rings. The maximum absolute atomic E-state index is 12.0. The van der Waals surface area contributed by atoms with Crippen molar-refractivity contribution in [3.8, 4) is 0 Å². The molecule has 1 unspecified atom stereocenters. The van der Waals surface area contributed by atoms with Crippen LogP contribution in [0.4, 0.5) is 5.95 Å². The van der Waals surface area contributed by atoms with Gasteiger partial charge in [0.2, 0.25) is 11.9 Å². The zero-order valence-electron chi connectivity index (χ0n) is 13.3. The van der Waals surface area contributed by atoms with Gasteiger partial charge in [0, 0.05) is 19.0 Å². The molecule has 7 nitrogen and oxygen atoms in total. The lowest BCUT2D eigenvalue weighted by molar-refractivity contribution is -0.117. The Morgan fingerprint density at radius 1 is 1.33 bits per heavy atom. The molecule has 1 rings (SSSR count). The Bertz CT molecular complexity index is 572. The Kier molecular flexibility index (Phi) is 5.87. The summed E-state index contributed by atoms with van der Waals surface area (Å²) in [5.41, 5.74) is -1.18. The lowest BCUT2D eigenvalue weighted by Gasteiger charge is -2.28. The molecule has 0 fully saturated rings. The zero-order valence-corrected chi connectivity index (χ0v) is 13.3. The second kappa shape index (κ2) is 7.19.